The number of benzene rings is 1. The second-order valence-corrected chi connectivity index (χ2v) is 4.38. The maximum Gasteiger partial charge on any atom is 0.192 e. The number of nitrogens with one attached hydrogen (secondary N) is 1. The molecule has 1 N–H and O–H groups in total. The van der Waals surface area contributed by atoms with Gasteiger partial charge in [-0.3, -0.25) is 4.90 Å². The molecular formula is C13H19N3O. The molecular weight excluding hydrogens is 214 g/mol. The van der Waals surface area contributed by atoms with Crippen molar-refractivity contribution in [1.29, 1.82) is 0 Å². The van der Waals surface area contributed by atoms with Gasteiger partial charge in [0.25, 0.3) is 0 Å². The van der Waals surface area contributed by atoms with E-state index in [2.05, 4.69) is 34.4 Å². The molecule has 2 rings (SSSR count). The minimum atomic E-state index is 0.726. The monoisotopic (exact) mass is 233 g/mol. The van der Waals surface area contributed by atoms with Crippen molar-refractivity contribution in [2.75, 3.05) is 27.3 Å². The summed E-state index contributed by atoms with van der Waals surface area (Å²) in [5.41, 5.74) is 3.12. The van der Waals surface area contributed by atoms with E-state index in [1.54, 1.807) is 0 Å². The molecule has 0 amide bonds. The number of likely N-dealkylation sites (N-methyl/N-ethyl adjacent to an activating group) is 1. The van der Waals surface area contributed by atoms with Crippen molar-refractivity contribution in [1.82, 2.24) is 15.2 Å². The molecule has 0 bridgehead atoms. The van der Waals surface area contributed by atoms with Gasteiger partial charge >= 0.3 is 0 Å². The Morgan fingerprint density at radius 2 is 2.24 bits per heavy atom. The molecule has 0 saturated carbocycles. The maximum atomic E-state index is 5.46. The van der Waals surface area contributed by atoms with E-state index in [0.717, 1.165) is 36.6 Å². The topological polar surface area (TPSA) is 41.3 Å². The maximum absolute atomic E-state index is 5.46. The number of rotatable bonds is 5. The van der Waals surface area contributed by atoms with E-state index in [9.17, 15) is 0 Å². The molecule has 0 saturated heterocycles. The van der Waals surface area contributed by atoms with E-state index in [1.807, 2.05) is 20.0 Å². The standard InChI is InChI=1S/C13H19N3O/c1-10-15-12-8-11(4-5-13(12)17-10)6-7-16(3)9-14-2/h4-5,8,14H,6-7,9H2,1-3H3. The summed E-state index contributed by atoms with van der Waals surface area (Å²) in [6.45, 7) is 3.81. The van der Waals surface area contributed by atoms with E-state index >= 15 is 0 Å². The number of oxazole rings is 1. The number of aryl methyl sites for hydroxylation is 1. The van der Waals surface area contributed by atoms with Crippen LogP contribution >= 0.6 is 0 Å². The first-order valence-corrected chi connectivity index (χ1v) is 5.88. The van der Waals surface area contributed by atoms with Gasteiger partial charge in [-0.1, -0.05) is 6.07 Å². The van der Waals surface area contributed by atoms with Crippen LogP contribution in [0.1, 0.15) is 11.5 Å². The third kappa shape index (κ3) is 3.05. The van der Waals surface area contributed by atoms with Crippen LogP contribution in [0.15, 0.2) is 22.6 Å². The van der Waals surface area contributed by atoms with Gasteiger partial charge in [0.2, 0.25) is 0 Å². The zero-order valence-corrected chi connectivity index (χ0v) is 10.7. The van der Waals surface area contributed by atoms with Crippen molar-refractivity contribution in [2.45, 2.75) is 13.3 Å². The summed E-state index contributed by atoms with van der Waals surface area (Å²) in [5, 5.41) is 3.14. The second-order valence-electron chi connectivity index (χ2n) is 4.38. The summed E-state index contributed by atoms with van der Waals surface area (Å²) in [5.74, 6) is 0.726. The fourth-order valence-electron chi connectivity index (χ4n) is 1.91. The summed E-state index contributed by atoms with van der Waals surface area (Å²) >= 11 is 0. The molecule has 2 aromatic rings. The van der Waals surface area contributed by atoms with Gasteiger partial charge in [-0.15, -0.1) is 0 Å². The highest BCUT2D eigenvalue weighted by atomic mass is 16.3. The summed E-state index contributed by atoms with van der Waals surface area (Å²) in [6, 6.07) is 6.22. The van der Waals surface area contributed by atoms with Crippen molar-refractivity contribution in [2.24, 2.45) is 0 Å². The van der Waals surface area contributed by atoms with Gasteiger partial charge in [-0.05, 0) is 38.2 Å². The van der Waals surface area contributed by atoms with Crippen molar-refractivity contribution in [3.63, 3.8) is 0 Å². The van der Waals surface area contributed by atoms with Gasteiger partial charge in [-0.2, -0.15) is 0 Å². The molecule has 0 unspecified atom stereocenters. The fourth-order valence-corrected chi connectivity index (χ4v) is 1.91. The predicted molar refractivity (Wildman–Crippen MR) is 69.0 cm³/mol. The Balaban J connectivity index is 2.03. The highest BCUT2D eigenvalue weighted by Crippen LogP contribution is 2.17. The molecule has 0 radical (unpaired) electrons. The fraction of sp³-hybridized carbons (Fsp3) is 0.462. The molecule has 0 fully saturated rings. The molecule has 0 atom stereocenters. The van der Waals surface area contributed by atoms with Crippen LogP contribution in [-0.4, -0.2) is 37.2 Å². The quantitative estimate of drug-likeness (QED) is 0.799. The molecule has 1 aromatic heterocycles. The number of hydrogen-bond acceptors (Lipinski definition) is 4. The zero-order chi connectivity index (χ0) is 12.3. The third-order valence-electron chi connectivity index (χ3n) is 2.77. The Hall–Kier alpha value is -1.39. The van der Waals surface area contributed by atoms with Crippen LogP contribution in [0, 0.1) is 6.92 Å². The van der Waals surface area contributed by atoms with Gasteiger partial charge in [-0.25, -0.2) is 4.98 Å². The summed E-state index contributed by atoms with van der Waals surface area (Å²) in [4.78, 5) is 6.59. The number of hydrogen-bond donors (Lipinski definition) is 1. The van der Waals surface area contributed by atoms with Crippen LogP contribution < -0.4 is 5.32 Å². The van der Waals surface area contributed by atoms with E-state index in [1.165, 1.54) is 5.56 Å². The van der Waals surface area contributed by atoms with Crippen LogP contribution in [0.2, 0.25) is 0 Å². The minimum Gasteiger partial charge on any atom is -0.441 e. The van der Waals surface area contributed by atoms with Crippen molar-refractivity contribution in [3.05, 3.63) is 29.7 Å². The van der Waals surface area contributed by atoms with Crippen LogP contribution in [0.3, 0.4) is 0 Å². The Morgan fingerprint density at radius 3 is 3.00 bits per heavy atom. The molecule has 17 heavy (non-hydrogen) atoms. The van der Waals surface area contributed by atoms with Crippen molar-refractivity contribution < 1.29 is 4.42 Å². The molecule has 4 nitrogen and oxygen atoms in total. The lowest BCUT2D eigenvalue weighted by atomic mass is 10.1. The average Bonchev–Trinajstić information content (AvgIpc) is 2.66. The lowest BCUT2D eigenvalue weighted by molar-refractivity contribution is 0.321. The predicted octanol–water partition coefficient (Wildman–Crippen LogP) is 1.79. The smallest absolute Gasteiger partial charge is 0.192 e. The van der Waals surface area contributed by atoms with Gasteiger partial charge < -0.3 is 9.73 Å². The summed E-state index contributed by atoms with van der Waals surface area (Å²) in [6.07, 6.45) is 1.03. The van der Waals surface area contributed by atoms with E-state index in [-0.39, 0.29) is 0 Å². The Bertz CT molecular complexity index is 492. The molecule has 0 aliphatic heterocycles. The van der Waals surface area contributed by atoms with Crippen LogP contribution in [0.5, 0.6) is 0 Å². The van der Waals surface area contributed by atoms with E-state index in [0.29, 0.717) is 0 Å². The lowest BCUT2D eigenvalue weighted by Crippen LogP contribution is -2.30. The minimum absolute atomic E-state index is 0.726. The lowest BCUT2D eigenvalue weighted by Gasteiger charge is -2.15. The highest BCUT2D eigenvalue weighted by Gasteiger charge is 2.04. The molecule has 4 heteroatoms. The number of aromatic nitrogens is 1. The van der Waals surface area contributed by atoms with Crippen LogP contribution in [-0.2, 0) is 6.42 Å². The van der Waals surface area contributed by atoms with E-state index in [4.69, 9.17) is 4.42 Å². The Labute approximate surface area is 102 Å². The van der Waals surface area contributed by atoms with Gasteiger partial charge in [0.15, 0.2) is 11.5 Å². The normalized spacial score (nSPS) is 11.5. The van der Waals surface area contributed by atoms with Crippen LogP contribution in [0.25, 0.3) is 11.1 Å². The Kier molecular flexibility index (Phi) is 3.76. The molecule has 1 aromatic carbocycles. The first-order valence-electron chi connectivity index (χ1n) is 5.88. The third-order valence-corrected chi connectivity index (χ3v) is 2.77. The number of fused-ring (bicyclic) bond motifs is 1. The van der Waals surface area contributed by atoms with Crippen LogP contribution in [0.4, 0.5) is 0 Å². The molecule has 0 aliphatic rings. The van der Waals surface area contributed by atoms with E-state index < -0.39 is 0 Å². The van der Waals surface area contributed by atoms with Gasteiger partial charge in [0.1, 0.15) is 5.52 Å². The second kappa shape index (κ2) is 5.29. The number of nitrogens with zero attached hydrogens (tertiary/aromatic N) is 2. The van der Waals surface area contributed by atoms with Gasteiger partial charge in [0, 0.05) is 20.1 Å². The first kappa shape index (κ1) is 12.1. The Morgan fingerprint density at radius 1 is 1.41 bits per heavy atom. The summed E-state index contributed by atoms with van der Waals surface area (Å²) in [7, 11) is 4.07. The summed E-state index contributed by atoms with van der Waals surface area (Å²) < 4.78 is 5.46. The average molecular weight is 233 g/mol. The largest absolute Gasteiger partial charge is 0.441 e. The zero-order valence-electron chi connectivity index (χ0n) is 10.7. The molecule has 0 aliphatic carbocycles. The highest BCUT2D eigenvalue weighted by molar-refractivity contribution is 5.73. The molecule has 0 spiro atoms. The van der Waals surface area contributed by atoms with Gasteiger partial charge in [0.05, 0.1) is 0 Å². The SMILES string of the molecule is CNCN(C)CCc1ccc2oc(C)nc2c1. The van der Waals surface area contributed by atoms with Crippen molar-refractivity contribution in [3.8, 4) is 0 Å². The first-order chi connectivity index (χ1) is 8.19. The molecule has 1 heterocycles. The molecule has 92 valence electrons. The van der Waals surface area contributed by atoms with Crippen molar-refractivity contribution >= 4 is 11.1 Å².